The number of anilines is 1. The minimum atomic E-state index is -0.512. The van der Waals surface area contributed by atoms with Gasteiger partial charge in [-0.3, -0.25) is 0 Å². The van der Waals surface area contributed by atoms with Crippen LogP contribution < -0.4 is 5.32 Å². The highest BCUT2D eigenvalue weighted by atomic mass is 79.9. The van der Waals surface area contributed by atoms with Crippen LogP contribution in [0.15, 0.2) is 83.3 Å². The zero-order valence-corrected chi connectivity index (χ0v) is 18.0. The molecule has 6 heteroatoms. The summed E-state index contributed by atoms with van der Waals surface area (Å²) in [6, 6.07) is 23.4. The van der Waals surface area contributed by atoms with E-state index in [9.17, 15) is 9.50 Å². The summed E-state index contributed by atoms with van der Waals surface area (Å²) < 4.78 is 16.0. The van der Waals surface area contributed by atoms with Gasteiger partial charge in [-0.25, -0.2) is 9.37 Å². The number of phenolic OH excluding ortho intramolecular Hbond substituents is 1. The van der Waals surface area contributed by atoms with Crippen molar-refractivity contribution in [1.82, 2.24) is 4.98 Å². The Morgan fingerprint density at radius 2 is 1.77 bits per heavy atom. The van der Waals surface area contributed by atoms with Crippen LogP contribution in [0.3, 0.4) is 0 Å². The van der Waals surface area contributed by atoms with E-state index in [-0.39, 0.29) is 11.6 Å². The zero-order valence-electron chi connectivity index (χ0n) is 15.6. The number of fused-ring (bicyclic) bond motifs is 2. The topological polar surface area (TPSA) is 45.1 Å². The molecular weight excluding hydrogens is 463 g/mol. The molecule has 1 heterocycles. The largest absolute Gasteiger partial charge is 0.508 e. The van der Waals surface area contributed by atoms with Crippen LogP contribution >= 0.6 is 27.3 Å². The number of para-hydroxylation sites is 1. The Labute approximate surface area is 185 Å². The lowest BCUT2D eigenvalue weighted by atomic mass is 9.93. The SMILES string of the molecule is Oc1ccc2ccccc2c1C(Nc1nc2ccccc2s1)c1cc(F)ccc1Br. The third-order valence-corrected chi connectivity index (χ3v) is 6.76. The summed E-state index contributed by atoms with van der Waals surface area (Å²) in [4.78, 5) is 4.68. The van der Waals surface area contributed by atoms with Crippen LogP contribution in [0, 0.1) is 5.82 Å². The van der Waals surface area contributed by atoms with Crippen molar-refractivity contribution in [3.63, 3.8) is 0 Å². The number of rotatable bonds is 4. The molecule has 1 unspecified atom stereocenters. The number of hydrogen-bond donors (Lipinski definition) is 2. The fourth-order valence-corrected chi connectivity index (χ4v) is 5.06. The van der Waals surface area contributed by atoms with Gasteiger partial charge in [0, 0.05) is 10.0 Å². The summed E-state index contributed by atoms with van der Waals surface area (Å²) in [5.41, 5.74) is 2.25. The highest BCUT2D eigenvalue weighted by Gasteiger charge is 2.24. The van der Waals surface area contributed by atoms with E-state index in [0.717, 1.165) is 25.5 Å². The highest BCUT2D eigenvalue weighted by Crippen LogP contribution is 2.41. The summed E-state index contributed by atoms with van der Waals surface area (Å²) in [6.45, 7) is 0. The summed E-state index contributed by atoms with van der Waals surface area (Å²) in [5.74, 6) is -0.201. The van der Waals surface area contributed by atoms with Gasteiger partial charge in [-0.15, -0.1) is 0 Å². The lowest BCUT2D eigenvalue weighted by molar-refractivity contribution is 0.468. The maximum Gasteiger partial charge on any atom is 0.184 e. The van der Waals surface area contributed by atoms with Gasteiger partial charge in [0.05, 0.1) is 16.3 Å². The van der Waals surface area contributed by atoms with Gasteiger partial charge in [0.1, 0.15) is 11.6 Å². The quantitative estimate of drug-likeness (QED) is 0.285. The molecule has 0 bridgehead atoms. The van der Waals surface area contributed by atoms with Crippen LogP contribution in [0.1, 0.15) is 17.2 Å². The second-order valence-electron chi connectivity index (χ2n) is 6.95. The zero-order chi connectivity index (χ0) is 20.7. The molecule has 5 aromatic rings. The summed E-state index contributed by atoms with van der Waals surface area (Å²) in [6.07, 6.45) is 0. The molecule has 1 aromatic heterocycles. The first-order valence-corrected chi connectivity index (χ1v) is 11.0. The minimum absolute atomic E-state index is 0.142. The molecule has 0 radical (unpaired) electrons. The lowest BCUT2D eigenvalue weighted by Gasteiger charge is -2.23. The smallest absolute Gasteiger partial charge is 0.184 e. The normalized spacial score (nSPS) is 12.3. The number of thiazole rings is 1. The Morgan fingerprint density at radius 3 is 2.63 bits per heavy atom. The molecule has 4 aromatic carbocycles. The van der Waals surface area contributed by atoms with Gasteiger partial charge in [0.2, 0.25) is 0 Å². The fourth-order valence-electron chi connectivity index (χ4n) is 3.69. The average Bonchev–Trinajstić information content (AvgIpc) is 3.17. The predicted octanol–water partition coefficient (Wildman–Crippen LogP) is 7.26. The van der Waals surface area contributed by atoms with Crippen LogP contribution in [0.25, 0.3) is 21.0 Å². The van der Waals surface area contributed by atoms with Crippen LogP contribution in [0.2, 0.25) is 0 Å². The Balaban J connectivity index is 1.73. The highest BCUT2D eigenvalue weighted by molar-refractivity contribution is 9.10. The van der Waals surface area contributed by atoms with Crippen molar-refractivity contribution in [2.75, 3.05) is 5.32 Å². The summed E-state index contributed by atoms with van der Waals surface area (Å²) in [7, 11) is 0. The molecule has 5 rings (SSSR count). The van der Waals surface area contributed by atoms with Crippen LogP contribution in [0.5, 0.6) is 5.75 Å². The maximum absolute atomic E-state index is 14.2. The third kappa shape index (κ3) is 3.42. The molecule has 0 spiro atoms. The molecule has 0 saturated carbocycles. The fraction of sp³-hybridized carbons (Fsp3) is 0.0417. The first-order valence-electron chi connectivity index (χ1n) is 9.38. The van der Waals surface area contributed by atoms with Crippen molar-refractivity contribution in [3.8, 4) is 5.75 Å². The lowest BCUT2D eigenvalue weighted by Crippen LogP contribution is -2.14. The van der Waals surface area contributed by atoms with E-state index in [2.05, 4.69) is 26.2 Å². The molecule has 0 fully saturated rings. The van der Waals surface area contributed by atoms with E-state index in [1.54, 1.807) is 12.1 Å². The Morgan fingerprint density at radius 1 is 0.967 bits per heavy atom. The standard InChI is InChI=1S/C24H16BrFN2OS/c25-18-11-10-15(26)13-17(18)23(28-24-27-19-7-3-4-8-21(19)30-24)22-16-6-2-1-5-14(16)9-12-20(22)29/h1-13,23,29H,(H,27,28). The van der Waals surface area contributed by atoms with Gasteiger partial charge < -0.3 is 10.4 Å². The Bertz CT molecular complexity index is 1350. The molecule has 2 N–H and O–H groups in total. The molecule has 148 valence electrons. The predicted molar refractivity (Wildman–Crippen MR) is 125 cm³/mol. The Kier molecular flexibility index (Phi) is 4.89. The van der Waals surface area contributed by atoms with E-state index in [1.807, 2.05) is 54.6 Å². The van der Waals surface area contributed by atoms with E-state index < -0.39 is 6.04 Å². The first kappa shape index (κ1) is 19.0. The van der Waals surface area contributed by atoms with Crippen molar-refractivity contribution >= 4 is 53.4 Å². The molecule has 1 atom stereocenters. The minimum Gasteiger partial charge on any atom is -0.508 e. The number of benzene rings is 4. The number of phenols is 1. The van der Waals surface area contributed by atoms with Crippen molar-refractivity contribution in [2.24, 2.45) is 0 Å². The second-order valence-corrected chi connectivity index (χ2v) is 8.83. The molecule has 3 nitrogen and oxygen atoms in total. The van der Waals surface area contributed by atoms with Gasteiger partial charge in [-0.05, 0) is 52.7 Å². The molecule has 0 amide bonds. The summed E-state index contributed by atoms with van der Waals surface area (Å²) in [5, 5.41) is 16.9. The van der Waals surface area contributed by atoms with E-state index in [0.29, 0.717) is 16.3 Å². The number of aromatic hydroxyl groups is 1. The molecule has 0 aliphatic rings. The summed E-state index contributed by atoms with van der Waals surface area (Å²) >= 11 is 5.08. The van der Waals surface area contributed by atoms with Crippen molar-refractivity contribution < 1.29 is 9.50 Å². The molecule has 0 saturated heterocycles. The van der Waals surface area contributed by atoms with E-state index in [4.69, 9.17) is 0 Å². The molecule has 30 heavy (non-hydrogen) atoms. The van der Waals surface area contributed by atoms with Crippen LogP contribution in [-0.4, -0.2) is 10.1 Å². The van der Waals surface area contributed by atoms with Gasteiger partial charge in [0.15, 0.2) is 5.13 Å². The third-order valence-electron chi connectivity index (χ3n) is 5.07. The van der Waals surface area contributed by atoms with Crippen molar-refractivity contribution in [1.29, 1.82) is 0 Å². The molecule has 0 aliphatic carbocycles. The van der Waals surface area contributed by atoms with E-state index in [1.165, 1.54) is 23.5 Å². The average molecular weight is 479 g/mol. The van der Waals surface area contributed by atoms with Crippen molar-refractivity contribution in [2.45, 2.75) is 6.04 Å². The van der Waals surface area contributed by atoms with Gasteiger partial charge >= 0.3 is 0 Å². The molecule has 0 aliphatic heterocycles. The van der Waals surface area contributed by atoms with Gasteiger partial charge in [-0.2, -0.15) is 0 Å². The van der Waals surface area contributed by atoms with E-state index >= 15 is 0 Å². The monoisotopic (exact) mass is 478 g/mol. The second kappa shape index (κ2) is 7.70. The Hall–Kier alpha value is -2.96. The number of nitrogens with one attached hydrogen (secondary N) is 1. The van der Waals surface area contributed by atoms with Crippen LogP contribution in [0.4, 0.5) is 9.52 Å². The van der Waals surface area contributed by atoms with Crippen LogP contribution in [-0.2, 0) is 0 Å². The first-order chi connectivity index (χ1) is 14.6. The number of halogens is 2. The number of hydrogen-bond acceptors (Lipinski definition) is 4. The molecular formula is C24H16BrFN2OS. The van der Waals surface area contributed by atoms with Gasteiger partial charge in [-0.1, -0.05) is 69.7 Å². The van der Waals surface area contributed by atoms with Gasteiger partial charge in [0.25, 0.3) is 0 Å². The van der Waals surface area contributed by atoms with Crippen molar-refractivity contribution in [3.05, 3.63) is 100 Å². The number of aromatic nitrogens is 1. The number of nitrogens with zero attached hydrogens (tertiary/aromatic N) is 1. The maximum atomic E-state index is 14.2.